The van der Waals surface area contributed by atoms with Gasteiger partial charge in [0.1, 0.15) is 38.0 Å². The largest absolute Gasteiger partial charge is 0.468 e. The predicted octanol–water partition coefficient (Wildman–Crippen LogP) is 14.6. The second kappa shape index (κ2) is 28.2. The highest BCUT2D eigenvalue weighted by Gasteiger charge is 2.40. The number of nitrogens with zero attached hydrogens (tertiary/aromatic N) is 4. The Labute approximate surface area is 445 Å². The first-order valence-corrected chi connectivity index (χ1v) is 23.9. The Kier molecular flexibility index (Phi) is 24.3. The molecule has 2 unspecified atom stereocenters. The molecular weight excluding hydrogens is 1190 g/mol. The fraction of sp³-hybridized carbons (Fsp3) is 0.350. The van der Waals surface area contributed by atoms with Gasteiger partial charge in [0, 0.05) is 39.6 Å². The Morgan fingerprint density at radius 2 is 0.878 bits per heavy atom. The van der Waals surface area contributed by atoms with Crippen LogP contribution in [0.15, 0.2) is 60.9 Å². The zero-order chi connectivity index (χ0) is 55.9. The summed E-state index contributed by atoms with van der Waals surface area (Å²) in [5, 5.41) is -1.83. The van der Waals surface area contributed by atoms with Gasteiger partial charge in [-0.1, -0.05) is 128 Å². The third kappa shape index (κ3) is 18.4. The van der Waals surface area contributed by atoms with E-state index in [0.717, 1.165) is 0 Å². The number of hydrogen-bond acceptors (Lipinski definition) is 18. The van der Waals surface area contributed by atoms with Crippen molar-refractivity contribution in [1.82, 2.24) is 19.9 Å². The highest BCUT2D eigenvalue weighted by molar-refractivity contribution is 7.16. The Hall–Kier alpha value is -4.34. The summed E-state index contributed by atoms with van der Waals surface area (Å²) in [5.74, 6) is -3.14. The van der Waals surface area contributed by atoms with Crippen LogP contribution in [0, 0.1) is 0 Å². The molecule has 6 aromatic rings. The SMILES string of the molecule is COC(=O)C(c1ccccc1Oc1nc(Cl)c(C(F)(F)F)s1)C(OC)OC.COC(=O)C(c1ccccc1Oc1ncc(C(F)(F)F)s1)C(OC)OC.FC(F)(F)c1cnc(Cl)s1.FC(F)(F)c1sc(Cl)nc1Cl. The summed E-state index contributed by atoms with van der Waals surface area (Å²) in [6.07, 6.45) is -18.5. The van der Waals surface area contributed by atoms with Crippen molar-refractivity contribution in [3.63, 3.8) is 0 Å². The summed E-state index contributed by atoms with van der Waals surface area (Å²) in [5.41, 5.74) is 0.620. The molecule has 74 heavy (non-hydrogen) atoms. The van der Waals surface area contributed by atoms with Crippen LogP contribution in [0.3, 0.4) is 0 Å². The number of aromatic nitrogens is 4. The average Bonchev–Trinajstić information content (AvgIpc) is 4.15. The number of ether oxygens (including phenoxy) is 8. The second-order valence-corrected chi connectivity index (χ2v) is 19.0. The van der Waals surface area contributed by atoms with Crippen molar-refractivity contribution >= 4 is 104 Å². The molecule has 0 saturated heterocycles. The lowest BCUT2D eigenvalue weighted by Crippen LogP contribution is -2.30. The molecule has 2 atom stereocenters. The minimum atomic E-state index is -4.65. The van der Waals surface area contributed by atoms with Crippen molar-refractivity contribution in [3.8, 4) is 21.9 Å². The Morgan fingerprint density at radius 1 is 0.486 bits per heavy atom. The van der Waals surface area contributed by atoms with Gasteiger partial charge in [-0.2, -0.15) is 57.7 Å². The lowest BCUT2D eigenvalue weighted by atomic mass is 9.97. The number of rotatable bonds is 14. The van der Waals surface area contributed by atoms with Crippen molar-refractivity contribution in [2.24, 2.45) is 0 Å². The van der Waals surface area contributed by atoms with Gasteiger partial charge in [0.2, 0.25) is 0 Å². The van der Waals surface area contributed by atoms with Crippen molar-refractivity contribution in [2.45, 2.75) is 49.1 Å². The first kappa shape index (κ1) is 63.9. The van der Waals surface area contributed by atoms with Crippen LogP contribution in [0.25, 0.3) is 0 Å². The molecule has 408 valence electrons. The van der Waals surface area contributed by atoms with Gasteiger partial charge < -0.3 is 37.9 Å². The van der Waals surface area contributed by atoms with Gasteiger partial charge in [-0.3, -0.25) is 9.59 Å². The highest BCUT2D eigenvalue weighted by Crippen LogP contribution is 2.45. The van der Waals surface area contributed by atoms with Crippen LogP contribution in [-0.2, 0) is 62.7 Å². The number of para-hydroxylation sites is 2. The van der Waals surface area contributed by atoms with E-state index in [0.29, 0.717) is 52.0 Å². The Balaban J connectivity index is 0.000000283. The smallest absolute Gasteiger partial charge is 0.428 e. The van der Waals surface area contributed by atoms with E-state index in [2.05, 4.69) is 19.9 Å². The van der Waals surface area contributed by atoms with Gasteiger partial charge >= 0.3 is 36.6 Å². The molecule has 0 amide bonds. The highest BCUT2D eigenvalue weighted by atomic mass is 35.5. The van der Waals surface area contributed by atoms with E-state index in [4.69, 9.17) is 84.3 Å². The minimum Gasteiger partial charge on any atom is -0.468 e. The Morgan fingerprint density at radius 3 is 1.19 bits per heavy atom. The van der Waals surface area contributed by atoms with E-state index < -0.39 is 90.9 Å². The molecule has 0 aliphatic rings. The standard InChI is InChI=1S/C16H15ClF3NO5S.C16H16F3NO5S.C4Cl2F3NS.C4HClF3NS/c1-23-13(22)10(14(24-2)25-3)8-6-4-5-7-9(8)26-15-21-12(17)11(27-15)16(18,19)20;1-22-13(21)12(14(23-2)24-3)9-6-4-5-7-10(9)25-15-20-8-11(26-15)16(17,18)19;5-2-1(4(7,8)9)11-3(6)10-2;5-3-9-1-2(10-3)4(6,7)8/h4-7,10,14H,1-3H3;4-8,12,14H,1-3H3;;1H. The van der Waals surface area contributed by atoms with E-state index in [9.17, 15) is 62.3 Å². The molecule has 0 bridgehead atoms. The molecule has 2 aromatic carbocycles. The van der Waals surface area contributed by atoms with Crippen molar-refractivity contribution < 1.29 is 100 Å². The topological polar surface area (TPSA) is 160 Å². The zero-order valence-electron chi connectivity index (χ0n) is 37.6. The summed E-state index contributed by atoms with van der Waals surface area (Å²) in [6, 6.07) is 12.5. The van der Waals surface area contributed by atoms with Crippen molar-refractivity contribution in [3.05, 3.63) is 111 Å². The van der Waals surface area contributed by atoms with Crippen LogP contribution in [0.1, 0.15) is 42.5 Å². The van der Waals surface area contributed by atoms with Crippen LogP contribution in [0.2, 0.25) is 19.2 Å². The van der Waals surface area contributed by atoms with Crippen molar-refractivity contribution in [2.75, 3.05) is 42.7 Å². The first-order valence-electron chi connectivity index (χ1n) is 19.1. The van der Waals surface area contributed by atoms with Crippen molar-refractivity contribution in [1.29, 1.82) is 0 Å². The maximum absolute atomic E-state index is 12.9. The van der Waals surface area contributed by atoms with Gasteiger partial charge in [0.25, 0.3) is 10.4 Å². The molecule has 0 fully saturated rings. The molecule has 0 N–H and O–H groups in total. The fourth-order valence-corrected chi connectivity index (χ4v) is 9.14. The second-order valence-electron chi connectivity index (χ2n) is 13.1. The molecule has 0 spiro atoms. The van der Waals surface area contributed by atoms with E-state index in [1.165, 1.54) is 54.8 Å². The third-order valence-corrected chi connectivity index (χ3v) is 13.5. The number of carbonyl (C=O) groups is 2. The minimum absolute atomic E-state index is 0.0890. The molecule has 14 nitrogen and oxygen atoms in total. The molecule has 0 aliphatic heterocycles. The van der Waals surface area contributed by atoms with Crippen LogP contribution in [0.5, 0.6) is 21.9 Å². The normalized spacial score (nSPS) is 12.6. The number of thiazole rings is 4. The molecule has 0 aliphatic carbocycles. The van der Waals surface area contributed by atoms with Crippen LogP contribution >= 0.6 is 91.8 Å². The number of carbonyl (C=O) groups excluding carboxylic acids is 2. The molecule has 4 aromatic heterocycles. The molecule has 6 rings (SSSR count). The monoisotopic (exact) mass is 1220 g/mol. The van der Waals surface area contributed by atoms with Crippen LogP contribution < -0.4 is 9.47 Å². The van der Waals surface area contributed by atoms with E-state index in [1.54, 1.807) is 36.4 Å². The summed E-state index contributed by atoms with van der Waals surface area (Å²) in [6.45, 7) is 0. The molecular formula is C40H32Cl4F12N4O10S4. The maximum atomic E-state index is 12.9. The average molecular weight is 1230 g/mol. The zero-order valence-corrected chi connectivity index (χ0v) is 43.9. The fourth-order valence-electron chi connectivity index (χ4n) is 5.38. The molecule has 0 saturated carbocycles. The van der Waals surface area contributed by atoms with E-state index in [1.807, 2.05) is 0 Å². The number of benzene rings is 2. The number of alkyl halides is 12. The summed E-state index contributed by atoms with van der Waals surface area (Å²) in [7, 11) is 7.77. The molecule has 0 radical (unpaired) electrons. The van der Waals surface area contributed by atoms with Gasteiger partial charge in [-0.25, -0.2) is 15.0 Å². The van der Waals surface area contributed by atoms with E-state index >= 15 is 0 Å². The number of halogens is 16. The summed E-state index contributed by atoms with van der Waals surface area (Å²) < 4.78 is 188. The van der Waals surface area contributed by atoms with Gasteiger partial charge in [-0.05, 0) is 12.1 Å². The maximum Gasteiger partial charge on any atom is 0.428 e. The number of methoxy groups -OCH3 is 6. The Bertz CT molecular complexity index is 2730. The molecule has 4 heterocycles. The van der Waals surface area contributed by atoms with Crippen LogP contribution in [0.4, 0.5) is 52.7 Å². The lowest BCUT2D eigenvalue weighted by molar-refractivity contribution is -0.164. The predicted molar refractivity (Wildman–Crippen MR) is 247 cm³/mol. The molecule has 34 heteroatoms. The number of esters is 2. The summed E-state index contributed by atoms with van der Waals surface area (Å²) >= 11 is 22.4. The first-order chi connectivity index (χ1) is 34.4. The third-order valence-electron chi connectivity index (χ3n) is 8.45. The van der Waals surface area contributed by atoms with Crippen LogP contribution in [-0.4, -0.2) is 87.1 Å². The quantitative estimate of drug-likeness (QED) is 0.0576. The summed E-state index contributed by atoms with van der Waals surface area (Å²) in [4.78, 5) is 34.4. The lowest BCUT2D eigenvalue weighted by Gasteiger charge is -2.24. The van der Waals surface area contributed by atoms with Gasteiger partial charge in [0.05, 0.1) is 26.6 Å². The number of hydrogen-bond donors (Lipinski definition) is 0. The van der Waals surface area contributed by atoms with Gasteiger partial charge in [-0.15, -0.1) is 0 Å². The van der Waals surface area contributed by atoms with Gasteiger partial charge in [0.15, 0.2) is 36.7 Å². The van der Waals surface area contributed by atoms with E-state index in [-0.39, 0.29) is 47.7 Å².